The van der Waals surface area contributed by atoms with Gasteiger partial charge in [0.15, 0.2) is 0 Å². The lowest BCUT2D eigenvalue weighted by Crippen LogP contribution is -2.24. The van der Waals surface area contributed by atoms with Crippen molar-refractivity contribution in [1.29, 1.82) is 0 Å². The second-order valence-corrected chi connectivity index (χ2v) is 8.52. The average Bonchev–Trinajstić information content (AvgIpc) is 2.82. The summed E-state index contributed by atoms with van der Waals surface area (Å²) in [5.41, 5.74) is 9.48. The van der Waals surface area contributed by atoms with Crippen molar-refractivity contribution in [2.45, 2.75) is 13.8 Å². The summed E-state index contributed by atoms with van der Waals surface area (Å²) >= 11 is 0. The van der Waals surface area contributed by atoms with Gasteiger partial charge in [-0.05, 0) is 84.6 Å². The smallest absolute Gasteiger partial charge is 0.129 e. The molecule has 33 heavy (non-hydrogen) atoms. The number of para-hydroxylation sites is 1. The Morgan fingerprint density at radius 1 is 0.576 bits per heavy atom. The standard InChI is InChI=1S/C29H28N2O2/c1-19-15-24(32-5)16-20(2)29(19)21-11-13-25-27(17-21)30(3)26-14-12-23(18-28(26)31(25)4)33-22-9-7-6-8-10-22/h6-18H,1-5H3. The Morgan fingerprint density at radius 3 is 1.82 bits per heavy atom. The summed E-state index contributed by atoms with van der Waals surface area (Å²) in [6.07, 6.45) is 0. The van der Waals surface area contributed by atoms with E-state index in [1.165, 1.54) is 27.9 Å². The number of ether oxygens (including phenoxy) is 2. The molecule has 0 N–H and O–H groups in total. The Morgan fingerprint density at radius 2 is 1.18 bits per heavy atom. The van der Waals surface area contributed by atoms with Gasteiger partial charge < -0.3 is 19.3 Å². The predicted octanol–water partition coefficient (Wildman–Crippen LogP) is 7.62. The van der Waals surface area contributed by atoms with Crippen molar-refractivity contribution in [3.8, 4) is 28.4 Å². The van der Waals surface area contributed by atoms with Crippen LogP contribution in [0.1, 0.15) is 11.1 Å². The Bertz CT molecular complexity index is 1310. The number of rotatable bonds is 4. The van der Waals surface area contributed by atoms with Crippen LogP contribution in [0.3, 0.4) is 0 Å². The van der Waals surface area contributed by atoms with Gasteiger partial charge in [-0.3, -0.25) is 0 Å². The topological polar surface area (TPSA) is 24.9 Å². The van der Waals surface area contributed by atoms with Crippen LogP contribution in [-0.2, 0) is 0 Å². The Hall–Kier alpha value is -3.92. The van der Waals surface area contributed by atoms with E-state index in [0.29, 0.717) is 0 Å². The fourth-order valence-corrected chi connectivity index (χ4v) is 4.73. The molecule has 4 nitrogen and oxygen atoms in total. The zero-order valence-corrected chi connectivity index (χ0v) is 19.7. The molecule has 0 saturated carbocycles. The van der Waals surface area contributed by atoms with Gasteiger partial charge in [-0.25, -0.2) is 0 Å². The zero-order valence-electron chi connectivity index (χ0n) is 19.7. The summed E-state index contributed by atoms with van der Waals surface area (Å²) in [5, 5.41) is 0. The van der Waals surface area contributed by atoms with Crippen LogP contribution in [0.4, 0.5) is 22.7 Å². The first-order valence-corrected chi connectivity index (χ1v) is 11.1. The summed E-state index contributed by atoms with van der Waals surface area (Å²) in [5.74, 6) is 2.55. The Balaban J connectivity index is 1.53. The van der Waals surface area contributed by atoms with Crippen LogP contribution in [0.25, 0.3) is 11.1 Å². The fraction of sp³-hybridized carbons (Fsp3) is 0.172. The molecule has 0 bridgehead atoms. The lowest BCUT2D eigenvalue weighted by Gasteiger charge is -2.37. The van der Waals surface area contributed by atoms with Crippen molar-refractivity contribution in [3.05, 3.63) is 90.0 Å². The molecule has 0 saturated heterocycles. The minimum absolute atomic E-state index is 0.824. The Labute approximate surface area is 195 Å². The van der Waals surface area contributed by atoms with Gasteiger partial charge in [0, 0.05) is 20.2 Å². The van der Waals surface area contributed by atoms with Gasteiger partial charge in [0.25, 0.3) is 0 Å². The first-order valence-electron chi connectivity index (χ1n) is 11.1. The lowest BCUT2D eigenvalue weighted by molar-refractivity contribution is 0.414. The zero-order chi connectivity index (χ0) is 23.1. The van der Waals surface area contributed by atoms with Crippen molar-refractivity contribution in [1.82, 2.24) is 0 Å². The van der Waals surface area contributed by atoms with Crippen molar-refractivity contribution in [3.63, 3.8) is 0 Å². The second-order valence-electron chi connectivity index (χ2n) is 8.52. The van der Waals surface area contributed by atoms with E-state index in [4.69, 9.17) is 9.47 Å². The summed E-state index contributed by atoms with van der Waals surface area (Å²) < 4.78 is 11.5. The highest BCUT2D eigenvalue weighted by Crippen LogP contribution is 2.49. The van der Waals surface area contributed by atoms with Crippen molar-refractivity contribution in [2.24, 2.45) is 0 Å². The quantitative estimate of drug-likeness (QED) is 0.328. The van der Waals surface area contributed by atoms with Crippen molar-refractivity contribution < 1.29 is 9.47 Å². The van der Waals surface area contributed by atoms with E-state index in [9.17, 15) is 0 Å². The molecule has 0 fully saturated rings. The number of hydrogen-bond donors (Lipinski definition) is 0. The number of methoxy groups -OCH3 is 1. The number of fused-ring (bicyclic) bond motifs is 2. The molecule has 0 aliphatic carbocycles. The van der Waals surface area contributed by atoms with Crippen LogP contribution in [0.5, 0.6) is 17.2 Å². The minimum atomic E-state index is 0.824. The molecule has 4 aromatic carbocycles. The van der Waals surface area contributed by atoms with E-state index in [2.05, 4.69) is 80.2 Å². The summed E-state index contributed by atoms with van der Waals surface area (Å²) in [7, 11) is 5.95. The largest absolute Gasteiger partial charge is 0.497 e. The predicted molar refractivity (Wildman–Crippen MR) is 137 cm³/mol. The highest BCUT2D eigenvalue weighted by Gasteiger charge is 2.25. The van der Waals surface area contributed by atoms with E-state index < -0.39 is 0 Å². The van der Waals surface area contributed by atoms with Gasteiger partial charge in [0.2, 0.25) is 0 Å². The van der Waals surface area contributed by atoms with Crippen LogP contribution in [0.15, 0.2) is 78.9 Å². The average molecular weight is 437 g/mol. The van der Waals surface area contributed by atoms with Gasteiger partial charge in [-0.1, -0.05) is 24.3 Å². The van der Waals surface area contributed by atoms with E-state index in [1.807, 2.05) is 36.4 Å². The minimum Gasteiger partial charge on any atom is -0.497 e. The monoisotopic (exact) mass is 436 g/mol. The molecule has 0 amide bonds. The van der Waals surface area contributed by atoms with Crippen LogP contribution in [0.2, 0.25) is 0 Å². The van der Waals surface area contributed by atoms with Crippen LogP contribution in [0, 0.1) is 13.8 Å². The molecular formula is C29H28N2O2. The second kappa shape index (κ2) is 8.21. The summed E-state index contributed by atoms with van der Waals surface area (Å²) in [6.45, 7) is 4.29. The Kier molecular flexibility index (Phi) is 5.21. The molecule has 0 spiro atoms. The lowest BCUT2D eigenvalue weighted by atomic mass is 9.94. The maximum absolute atomic E-state index is 6.08. The van der Waals surface area contributed by atoms with Gasteiger partial charge >= 0.3 is 0 Å². The molecule has 5 rings (SSSR count). The van der Waals surface area contributed by atoms with Crippen LogP contribution in [-0.4, -0.2) is 21.2 Å². The van der Waals surface area contributed by atoms with Gasteiger partial charge in [0.05, 0.1) is 29.9 Å². The van der Waals surface area contributed by atoms with E-state index in [0.717, 1.165) is 34.3 Å². The molecule has 0 aromatic heterocycles. The molecule has 0 atom stereocenters. The number of anilines is 4. The number of benzene rings is 4. The van der Waals surface area contributed by atoms with Crippen LogP contribution < -0.4 is 19.3 Å². The molecule has 4 aromatic rings. The third-order valence-corrected chi connectivity index (χ3v) is 6.38. The molecule has 1 aliphatic heterocycles. The number of hydrogen-bond acceptors (Lipinski definition) is 4. The maximum Gasteiger partial charge on any atom is 0.129 e. The summed E-state index contributed by atoms with van der Waals surface area (Å²) in [4.78, 5) is 4.49. The number of nitrogens with zero attached hydrogens (tertiary/aromatic N) is 2. The highest BCUT2D eigenvalue weighted by molar-refractivity contribution is 5.95. The number of aryl methyl sites for hydroxylation is 2. The van der Waals surface area contributed by atoms with Gasteiger partial charge in [-0.2, -0.15) is 0 Å². The van der Waals surface area contributed by atoms with E-state index in [-0.39, 0.29) is 0 Å². The highest BCUT2D eigenvalue weighted by atomic mass is 16.5. The first-order chi connectivity index (χ1) is 16.0. The van der Waals surface area contributed by atoms with Gasteiger partial charge in [0.1, 0.15) is 17.2 Å². The molecule has 1 aliphatic rings. The van der Waals surface area contributed by atoms with Crippen molar-refractivity contribution in [2.75, 3.05) is 31.0 Å². The normalized spacial score (nSPS) is 12.3. The molecule has 0 radical (unpaired) electrons. The van der Waals surface area contributed by atoms with E-state index >= 15 is 0 Å². The summed E-state index contributed by atoms with van der Waals surface area (Å²) in [6, 6.07) is 27.0. The molecule has 4 heteroatoms. The van der Waals surface area contributed by atoms with Crippen molar-refractivity contribution >= 4 is 22.7 Å². The van der Waals surface area contributed by atoms with Gasteiger partial charge in [-0.15, -0.1) is 0 Å². The van der Waals surface area contributed by atoms with E-state index in [1.54, 1.807) is 7.11 Å². The fourth-order valence-electron chi connectivity index (χ4n) is 4.73. The third kappa shape index (κ3) is 3.68. The molecule has 166 valence electrons. The third-order valence-electron chi connectivity index (χ3n) is 6.38. The SMILES string of the molecule is COc1cc(C)c(-c2ccc3c(c2)N(C)c2ccc(Oc4ccccc4)cc2N3C)c(C)c1. The molecule has 1 heterocycles. The molecule has 0 unspecified atom stereocenters. The molecular weight excluding hydrogens is 408 g/mol. The maximum atomic E-state index is 6.08. The van der Waals surface area contributed by atoms with Crippen LogP contribution >= 0.6 is 0 Å². The first kappa shape index (κ1) is 21.0.